The molecule has 0 saturated carbocycles. The first-order chi connectivity index (χ1) is 33.9. The Labute approximate surface area is 377 Å². The predicted octanol–water partition coefficient (Wildman–Crippen LogP) is 13.9. The molecule has 0 radical (unpaired) electrons. The molecule has 0 bridgehead atoms. The van der Waals surface area contributed by atoms with Crippen molar-refractivity contribution in [3.63, 3.8) is 0 Å². The standard InChI is InChI=1S/C56H41N7O/c1-35-29-52(58-33-45(35)36-15-5-4-6-16-36)63-50-25-14-28-57-53(50)42-27-26-39(31-51(42)63)64-38-18-13-17-37(30-38)61-34-62(49-24-12-11-23-48(49)61)56-54-43(40-19-7-9-21-46(40)59(54)2)32-44-41-20-8-10-22-47(41)60(3)55(44)56/h4-33H,34H2,1-3H3/i2D3,3D3. The summed E-state index contributed by atoms with van der Waals surface area (Å²) in [7, 11) is 0. The van der Waals surface area contributed by atoms with Gasteiger partial charge in [-0.05, 0) is 90.8 Å². The second-order valence-electron chi connectivity index (χ2n) is 16.4. The summed E-state index contributed by atoms with van der Waals surface area (Å²) in [5.74, 6) is 2.00. The maximum Gasteiger partial charge on any atom is 0.137 e. The predicted molar refractivity (Wildman–Crippen MR) is 263 cm³/mol. The summed E-state index contributed by atoms with van der Waals surface area (Å²) < 4.78 is 65.4. The van der Waals surface area contributed by atoms with Crippen molar-refractivity contribution in [3.05, 3.63) is 188 Å². The summed E-state index contributed by atoms with van der Waals surface area (Å²) in [6.45, 7) is -2.88. The van der Waals surface area contributed by atoms with E-state index in [9.17, 15) is 0 Å². The molecule has 6 heterocycles. The van der Waals surface area contributed by atoms with Crippen LogP contribution >= 0.6 is 0 Å². The lowest BCUT2D eigenvalue weighted by molar-refractivity contribution is 0.483. The fourth-order valence-corrected chi connectivity index (χ4v) is 9.98. The van der Waals surface area contributed by atoms with E-state index in [1.54, 1.807) is 6.20 Å². The van der Waals surface area contributed by atoms with Gasteiger partial charge in [-0.15, -0.1) is 0 Å². The third-order valence-electron chi connectivity index (χ3n) is 12.8. The van der Waals surface area contributed by atoms with Crippen molar-refractivity contribution in [2.45, 2.75) is 6.92 Å². The van der Waals surface area contributed by atoms with Crippen molar-refractivity contribution in [2.24, 2.45) is 14.0 Å². The minimum Gasteiger partial charge on any atom is -0.457 e. The minimum atomic E-state index is -2.61. The van der Waals surface area contributed by atoms with Gasteiger partial charge in [0.25, 0.3) is 0 Å². The van der Waals surface area contributed by atoms with Crippen LogP contribution in [0.4, 0.5) is 22.7 Å². The van der Waals surface area contributed by atoms with E-state index >= 15 is 0 Å². The minimum absolute atomic E-state index is 0.233. The van der Waals surface area contributed by atoms with Crippen molar-refractivity contribution in [2.75, 3.05) is 16.5 Å². The number of hydrogen-bond donors (Lipinski definition) is 0. The molecule has 7 aromatic carbocycles. The fourth-order valence-electron chi connectivity index (χ4n) is 9.98. The van der Waals surface area contributed by atoms with E-state index in [2.05, 4.69) is 45.6 Å². The van der Waals surface area contributed by atoms with Crippen LogP contribution < -0.4 is 14.5 Å². The molecule has 306 valence electrons. The zero-order chi connectivity index (χ0) is 47.6. The topological polar surface area (TPSA) is 56.3 Å². The van der Waals surface area contributed by atoms with Crippen molar-refractivity contribution in [3.8, 4) is 28.4 Å². The van der Waals surface area contributed by atoms with Gasteiger partial charge >= 0.3 is 0 Å². The quantitative estimate of drug-likeness (QED) is 0.167. The number of para-hydroxylation sites is 4. The summed E-state index contributed by atoms with van der Waals surface area (Å²) in [6, 6.07) is 55.2. The molecule has 13 rings (SSSR count). The Morgan fingerprint density at radius 1 is 0.531 bits per heavy atom. The maximum absolute atomic E-state index is 8.95. The first-order valence-electron chi connectivity index (χ1n) is 24.3. The normalized spacial score (nSPS) is 14.6. The first kappa shape index (κ1) is 30.6. The van der Waals surface area contributed by atoms with Gasteiger partial charge in [0.15, 0.2) is 0 Å². The summed E-state index contributed by atoms with van der Waals surface area (Å²) in [4.78, 5) is 14.0. The van der Waals surface area contributed by atoms with Crippen LogP contribution in [0.2, 0.25) is 0 Å². The van der Waals surface area contributed by atoms with Crippen LogP contribution in [0, 0.1) is 6.92 Å². The van der Waals surface area contributed by atoms with E-state index in [0.29, 0.717) is 39.3 Å². The molecule has 0 spiro atoms. The molecule has 0 atom stereocenters. The van der Waals surface area contributed by atoms with Crippen molar-refractivity contribution in [1.29, 1.82) is 0 Å². The second kappa shape index (κ2) is 13.8. The molecule has 1 aliphatic rings. The van der Waals surface area contributed by atoms with Gasteiger partial charge < -0.3 is 23.7 Å². The lowest BCUT2D eigenvalue weighted by atomic mass is 10.0. The van der Waals surface area contributed by atoms with Gasteiger partial charge in [0, 0.05) is 95.9 Å². The smallest absolute Gasteiger partial charge is 0.137 e. The van der Waals surface area contributed by atoms with Crippen LogP contribution in [-0.2, 0) is 14.0 Å². The Kier molecular flexibility index (Phi) is 6.62. The fraction of sp³-hybridized carbons (Fsp3) is 0.0714. The summed E-state index contributed by atoms with van der Waals surface area (Å²) in [5, 5.41) is 3.93. The number of anilines is 4. The van der Waals surface area contributed by atoms with Crippen LogP contribution in [0.15, 0.2) is 182 Å². The third kappa shape index (κ3) is 5.29. The van der Waals surface area contributed by atoms with Crippen molar-refractivity contribution < 1.29 is 13.0 Å². The van der Waals surface area contributed by atoms with E-state index in [4.69, 9.17) is 22.9 Å². The Hall–Kier alpha value is -8.36. The van der Waals surface area contributed by atoms with Gasteiger partial charge in [0.05, 0.1) is 44.6 Å². The van der Waals surface area contributed by atoms with Crippen LogP contribution in [0.3, 0.4) is 0 Å². The number of aromatic nitrogens is 5. The number of fused-ring (bicyclic) bond motifs is 10. The molecular weight excluding hydrogens is 787 g/mol. The number of rotatable bonds is 6. The highest BCUT2D eigenvalue weighted by molar-refractivity contribution is 6.25. The van der Waals surface area contributed by atoms with Gasteiger partial charge in [-0.2, -0.15) is 0 Å². The number of pyridine rings is 2. The van der Waals surface area contributed by atoms with E-state index in [1.807, 2.05) is 152 Å². The molecule has 0 N–H and O–H groups in total. The van der Waals surface area contributed by atoms with Gasteiger partial charge in [-0.1, -0.05) is 84.9 Å². The highest BCUT2D eigenvalue weighted by Gasteiger charge is 2.33. The Morgan fingerprint density at radius 2 is 1.20 bits per heavy atom. The summed E-state index contributed by atoms with van der Waals surface area (Å²) in [6.07, 6.45) is 3.74. The Bertz CT molecular complexity index is 3990. The second-order valence-corrected chi connectivity index (χ2v) is 16.4. The highest BCUT2D eigenvalue weighted by atomic mass is 16.5. The van der Waals surface area contributed by atoms with Gasteiger partial charge in [0.2, 0.25) is 0 Å². The number of nitrogens with zero attached hydrogens (tertiary/aromatic N) is 7. The van der Waals surface area contributed by atoms with E-state index < -0.39 is 14.0 Å². The van der Waals surface area contributed by atoms with Crippen molar-refractivity contribution >= 4 is 88.3 Å². The highest BCUT2D eigenvalue weighted by Crippen LogP contribution is 2.51. The molecule has 8 nitrogen and oxygen atoms in total. The van der Waals surface area contributed by atoms with E-state index in [1.165, 1.54) is 9.13 Å². The lowest BCUT2D eigenvalue weighted by Gasteiger charge is -2.25. The largest absolute Gasteiger partial charge is 0.457 e. The molecular formula is C56H41N7O. The Balaban J connectivity index is 0.941. The molecule has 5 aromatic heterocycles. The monoisotopic (exact) mass is 833 g/mol. The third-order valence-corrected chi connectivity index (χ3v) is 12.8. The van der Waals surface area contributed by atoms with Crippen LogP contribution in [0.25, 0.3) is 82.5 Å². The molecule has 64 heavy (non-hydrogen) atoms. The molecule has 8 heteroatoms. The number of benzene rings is 7. The molecule has 0 fully saturated rings. The van der Waals surface area contributed by atoms with Gasteiger partial charge in [-0.25, -0.2) is 4.98 Å². The van der Waals surface area contributed by atoms with Crippen molar-refractivity contribution in [1.82, 2.24) is 23.7 Å². The van der Waals surface area contributed by atoms with E-state index in [-0.39, 0.29) is 6.67 Å². The SMILES string of the molecule is [2H]C([2H])([2H])n1c2ccccc2c2cc3c4ccccc4n(C([2H])([2H])[2H])c3c(N3CN(c4cccc(Oc5ccc6c7ncccc7n(-c7cc(C)c(-c8ccccc8)cn7)c6c5)c4)c4ccccc43)c21. The lowest BCUT2D eigenvalue weighted by Crippen LogP contribution is -2.25. The molecule has 0 amide bonds. The first-order valence-corrected chi connectivity index (χ1v) is 21.3. The Morgan fingerprint density at radius 3 is 1.94 bits per heavy atom. The maximum atomic E-state index is 8.95. The average molecular weight is 834 g/mol. The average Bonchev–Trinajstić information content (AvgIpc) is 4.10. The van der Waals surface area contributed by atoms with E-state index in [0.717, 1.165) is 83.1 Å². The zero-order valence-corrected chi connectivity index (χ0v) is 34.6. The number of hydrogen-bond acceptors (Lipinski definition) is 5. The van der Waals surface area contributed by atoms with Gasteiger partial charge in [0.1, 0.15) is 24.0 Å². The summed E-state index contributed by atoms with van der Waals surface area (Å²) in [5.41, 5.74) is 10.9. The molecule has 12 aromatic rings. The number of ether oxygens (including phenoxy) is 1. The van der Waals surface area contributed by atoms with Gasteiger partial charge in [-0.3, -0.25) is 9.55 Å². The number of aryl methyl sites for hydroxylation is 3. The molecule has 0 saturated heterocycles. The molecule has 0 aliphatic carbocycles. The molecule has 0 unspecified atom stereocenters. The molecule has 1 aliphatic heterocycles. The van der Waals surface area contributed by atoms with Crippen LogP contribution in [0.1, 0.15) is 13.8 Å². The van der Waals surface area contributed by atoms with Crippen LogP contribution in [0.5, 0.6) is 11.5 Å². The summed E-state index contributed by atoms with van der Waals surface area (Å²) >= 11 is 0. The zero-order valence-electron chi connectivity index (χ0n) is 40.6. The van der Waals surface area contributed by atoms with Crippen LogP contribution in [-0.4, -0.2) is 30.3 Å².